The van der Waals surface area contributed by atoms with Gasteiger partial charge in [0.2, 0.25) is 0 Å². The topological polar surface area (TPSA) is 6.48 Å². The van der Waals surface area contributed by atoms with Gasteiger partial charge in [-0.25, -0.2) is 0 Å². The molecule has 2 heteroatoms. The fourth-order valence-electron chi connectivity index (χ4n) is 3.68. The van der Waals surface area contributed by atoms with Crippen molar-refractivity contribution in [1.29, 1.82) is 0 Å². The summed E-state index contributed by atoms with van der Waals surface area (Å²) < 4.78 is 0. The van der Waals surface area contributed by atoms with Gasteiger partial charge in [-0.3, -0.25) is 0 Å². The number of hydrogen-bond donors (Lipinski definition) is 0. The van der Waals surface area contributed by atoms with Gasteiger partial charge in [0.25, 0.3) is 0 Å². The fraction of sp³-hybridized carbons (Fsp3) is 0.368. The summed E-state index contributed by atoms with van der Waals surface area (Å²) in [6, 6.07) is 15.9. The molecular formula is C19H22N2. The molecule has 0 aromatic heterocycles. The second-order valence-electron chi connectivity index (χ2n) is 6.28. The molecule has 2 heterocycles. The van der Waals surface area contributed by atoms with Crippen molar-refractivity contribution < 1.29 is 0 Å². The molecule has 0 aliphatic carbocycles. The molecule has 2 aliphatic rings. The zero-order chi connectivity index (χ0) is 14.2. The molecule has 0 amide bonds. The fourth-order valence-corrected chi connectivity index (χ4v) is 3.68. The van der Waals surface area contributed by atoms with Crippen molar-refractivity contribution >= 4 is 11.4 Å². The van der Waals surface area contributed by atoms with Crippen LogP contribution in [0.1, 0.15) is 23.1 Å². The Bertz CT molecular complexity index is 662. The standard InChI is InChI=1S/C19H22N2/c1-20-11-4-7-16-13-18(8-9-19(16)20)21-12-10-15-5-2-3-6-17(15)14-21/h2-3,5-6,8-9,13H,4,7,10-12,14H2,1H3. The highest BCUT2D eigenvalue weighted by Crippen LogP contribution is 2.32. The first kappa shape index (κ1) is 12.8. The molecule has 0 unspecified atom stereocenters. The van der Waals surface area contributed by atoms with E-state index in [1.54, 1.807) is 0 Å². The number of anilines is 2. The summed E-state index contributed by atoms with van der Waals surface area (Å²) in [6.07, 6.45) is 3.65. The van der Waals surface area contributed by atoms with E-state index >= 15 is 0 Å². The summed E-state index contributed by atoms with van der Waals surface area (Å²) in [5.41, 5.74) is 7.33. The van der Waals surface area contributed by atoms with Crippen molar-refractivity contribution in [3.05, 3.63) is 59.2 Å². The maximum absolute atomic E-state index is 2.53. The van der Waals surface area contributed by atoms with Crippen LogP contribution < -0.4 is 9.80 Å². The first-order valence-corrected chi connectivity index (χ1v) is 7.97. The Kier molecular flexibility index (Phi) is 3.10. The molecule has 0 saturated heterocycles. The highest BCUT2D eigenvalue weighted by Gasteiger charge is 2.19. The molecule has 2 aromatic rings. The van der Waals surface area contributed by atoms with Crippen LogP contribution in [-0.2, 0) is 19.4 Å². The number of aryl methyl sites for hydroxylation is 1. The first-order chi connectivity index (χ1) is 10.3. The molecule has 2 aromatic carbocycles. The smallest absolute Gasteiger partial charge is 0.0432 e. The van der Waals surface area contributed by atoms with E-state index in [-0.39, 0.29) is 0 Å². The van der Waals surface area contributed by atoms with Crippen LogP contribution in [0.4, 0.5) is 11.4 Å². The minimum atomic E-state index is 1.05. The van der Waals surface area contributed by atoms with Crippen molar-refractivity contribution in [3.8, 4) is 0 Å². The van der Waals surface area contributed by atoms with Crippen LogP contribution in [0.3, 0.4) is 0 Å². The Morgan fingerprint density at radius 3 is 2.62 bits per heavy atom. The van der Waals surface area contributed by atoms with Crippen LogP contribution in [0.5, 0.6) is 0 Å². The molecule has 2 aliphatic heterocycles. The molecule has 0 saturated carbocycles. The maximum Gasteiger partial charge on any atom is 0.0432 e. The Morgan fingerprint density at radius 1 is 0.857 bits per heavy atom. The maximum atomic E-state index is 2.53. The molecular weight excluding hydrogens is 256 g/mol. The van der Waals surface area contributed by atoms with E-state index in [2.05, 4.69) is 59.3 Å². The third-order valence-electron chi connectivity index (χ3n) is 4.91. The second-order valence-corrected chi connectivity index (χ2v) is 6.28. The molecule has 108 valence electrons. The lowest BCUT2D eigenvalue weighted by atomic mass is 9.97. The van der Waals surface area contributed by atoms with E-state index in [1.807, 2.05) is 0 Å². The minimum Gasteiger partial charge on any atom is -0.374 e. The van der Waals surface area contributed by atoms with Crippen molar-refractivity contribution in [2.75, 3.05) is 29.9 Å². The first-order valence-electron chi connectivity index (χ1n) is 7.97. The van der Waals surface area contributed by atoms with E-state index in [1.165, 1.54) is 47.5 Å². The van der Waals surface area contributed by atoms with E-state index in [9.17, 15) is 0 Å². The summed E-state index contributed by atoms with van der Waals surface area (Å²) >= 11 is 0. The third-order valence-corrected chi connectivity index (χ3v) is 4.91. The number of benzene rings is 2. The quantitative estimate of drug-likeness (QED) is 0.786. The SMILES string of the molecule is CN1CCCc2cc(N3CCc4ccccc4C3)ccc21. The van der Waals surface area contributed by atoms with Crippen LogP contribution >= 0.6 is 0 Å². The molecule has 0 spiro atoms. The molecule has 0 N–H and O–H groups in total. The minimum absolute atomic E-state index is 1.05. The molecule has 21 heavy (non-hydrogen) atoms. The van der Waals surface area contributed by atoms with Gasteiger partial charge in [-0.15, -0.1) is 0 Å². The van der Waals surface area contributed by atoms with Gasteiger partial charge >= 0.3 is 0 Å². The van der Waals surface area contributed by atoms with Gasteiger partial charge in [-0.1, -0.05) is 24.3 Å². The Hall–Kier alpha value is -1.96. The molecule has 0 fully saturated rings. The summed E-state index contributed by atoms with van der Waals surface area (Å²) in [4.78, 5) is 4.91. The lowest BCUT2D eigenvalue weighted by Crippen LogP contribution is -2.31. The van der Waals surface area contributed by atoms with E-state index in [4.69, 9.17) is 0 Å². The molecule has 4 rings (SSSR count). The van der Waals surface area contributed by atoms with Crippen LogP contribution in [0.2, 0.25) is 0 Å². The third kappa shape index (κ3) is 2.29. The predicted molar refractivity (Wildman–Crippen MR) is 89.2 cm³/mol. The van der Waals surface area contributed by atoms with Crippen LogP contribution in [-0.4, -0.2) is 20.1 Å². The Labute approximate surface area is 127 Å². The van der Waals surface area contributed by atoms with Crippen molar-refractivity contribution in [2.45, 2.75) is 25.8 Å². The monoisotopic (exact) mass is 278 g/mol. The van der Waals surface area contributed by atoms with Crippen molar-refractivity contribution in [3.63, 3.8) is 0 Å². The van der Waals surface area contributed by atoms with Gasteiger partial charge in [0.1, 0.15) is 0 Å². The highest BCUT2D eigenvalue weighted by atomic mass is 15.1. The number of rotatable bonds is 1. The lowest BCUT2D eigenvalue weighted by molar-refractivity contribution is 0.723. The summed E-state index contributed by atoms with van der Waals surface area (Å²) in [6.45, 7) is 3.36. The average molecular weight is 278 g/mol. The van der Waals surface area contributed by atoms with E-state index in [0.29, 0.717) is 0 Å². The number of fused-ring (bicyclic) bond motifs is 2. The van der Waals surface area contributed by atoms with Gasteiger partial charge in [-0.2, -0.15) is 0 Å². The molecule has 0 radical (unpaired) electrons. The van der Waals surface area contributed by atoms with Gasteiger partial charge in [0.05, 0.1) is 0 Å². The normalized spacial score (nSPS) is 17.4. The largest absolute Gasteiger partial charge is 0.374 e. The van der Waals surface area contributed by atoms with E-state index < -0.39 is 0 Å². The number of hydrogen-bond acceptors (Lipinski definition) is 2. The number of nitrogens with zero attached hydrogens (tertiary/aromatic N) is 2. The van der Waals surface area contributed by atoms with Crippen molar-refractivity contribution in [2.24, 2.45) is 0 Å². The zero-order valence-electron chi connectivity index (χ0n) is 12.7. The summed E-state index contributed by atoms with van der Waals surface area (Å²) in [5, 5.41) is 0. The summed E-state index contributed by atoms with van der Waals surface area (Å²) in [7, 11) is 2.20. The second kappa shape index (κ2) is 5.10. The Balaban J connectivity index is 1.63. The van der Waals surface area contributed by atoms with Crippen LogP contribution in [0.15, 0.2) is 42.5 Å². The Morgan fingerprint density at radius 2 is 1.71 bits per heavy atom. The molecule has 0 atom stereocenters. The molecule has 2 nitrogen and oxygen atoms in total. The lowest BCUT2D eigenvalue weighted by Gasteiger charge is -2.33. The van der Waals surface area contributed by atoms with Crippen molar-refractivity contribution in [1.82, 2.24) is 0 Å². The van der Waals surface area contributed by atoms with Crippen LogP contribution in [0.25, 0.3) is 0 Å². The average Bonchev–Trinajstić information content (AvgIpc) is 2.54. The van der Waals surface area contributed by atoms with Crippen LogP contribution in [0, 0.1) is 0 Å². The van der Waals surface area contributed by atoms with Gasteiger partial charge < -0.3 is 9.80 Å². The molecule has 0 bridgehead atoms. The summed E-state index contributed by atoms with van der Waals surface area (Å²) in [5.74, 6) is 0. The zero-order valence-corrected chi connectivity index (χ0v) is 12.7. The van der Waals surface area contributed by atoms with Gasteiger partial charge in [-0.05, 0) is 54.2 Å². The van der Waals surface area contributed by atoms with Gasteiger partial charge in [0.15, 0.2) is 0 Å². The van der Waals surface area contributed by atoms with E-state index in [0.717, 1.165) is 19.5 Å². The van der Waals surface area contributed by atoms with Gasteiger partial charge in [0, 0.05) is 38.1 Å². The predicted octanol–water partition coefficient (Wildman–Crippen LogP) is 3.63. The highest BCUT2D eigenvalue weighted by molar-refractivity contribution is 5.63.